The van der Waals surface area contributed by atoms with Crippen LogP contribution < -0.4 is 5.32 Å². The molecule has 7 heteroatoms. The number of benzene rings is 1. The van der Waals surface area contributed by atoms with E-state index in [1.807, 2.05) is 30.3 Å². The summed E-state index contributed by atoms with van der Waals surface area (Å²) in [5.41, 5.74) is 2.79. The molecule has 1 amide bonds. The summed E-state index contributed by atoms with van der Waals surface area (Å²) in [6, 6.07) is 9.88. The zero-order valence-electron chi connectivity index (χ0n) is 17.5. The van der Waals surface area contributed by atoms with Crippen molar-refractivity contribution in [2.45, 2.75) is 51.1 Å². The highest BCUT2D eigenvalue weighted by molar-refractivity contribution is 7.15. The summed E-state index contributed by atoms with van der Waals surface area (Å²) in [6.07, 6.45) is 8.52. The number of carbonyl (C=O) groups excluding carboxylic acids is 1. The number of hydrogen-bond acceptors (Lipinski definition) is 5. The zero-order valence-corrected chi connectivity index (χ0v) is 19.1. The monoisotopic (exact) mass is 454 g/mol. The van der Waals surface area contributed by atoms with Crippen molar-refractivity contribution in [3.63, 3.8) is 0 Å². The van der Waals surface area contributed by atoms with Crippen LogP contribution in [0.5, 0.6) is 0 Å². The fraction of sp³-hybridized carbons (Fsp3) is 0.458. The van der Waals surface area contributed by atoms with Crippen molar-refractivity contribution in [1.82, 2.24) is 20.2 Å². The molecule has 0 radical (unpaired) electrons. The predicted octanol–water partition coefficient (Wildman–Crippen LogP) is 5.08. The number of fused-ring (bicyclic) bond motifs is 2. The van der Waals surface area contributed by atoms with Crippen LogP contribution in [0, 0.1) is 5.92 Å². The molecule has 2 aliphatic rings. The van der Waals surface area contributed by atoms with E-state index < -0.39 is 0 Å². The third kappa shape index (κ3) is 4.76. The minimum atomic E-state index is 0.0226. The minimum absolute atomic E-state index is 0.0226. The SMILES string of the molecule is O=C(N[C@H]1CC[C@H](CCN2CCc3nc(Cl)sc3C2)CC1)c1cccc2ncccc12. The number of pyridine rings is 1. The molecule has 1 aliphatic heterocycles. The third-order valence-corrected chi connectivity index (χ3v) is 7.90. The van der Waals surface area contributed by atoms with Crippen molar-refractivity contribution in [1.29, 1.82) is 0 Å². The number of aromatic nitrogens is 2. The van der Waals surface area contributed by atoms with Crippen LogP contribution in [-0.2, 0) is 13.0 Å². The van der Waals surface area contributed by atoms with Crippen LogP contribution in [0.1, 0.15) is 53.0 Å². The van der Waals surface area contributed by atoms with E-state index in [4.69, 9.17) is 11.6 Å². The number of amides is 1. The molecular weight excluding hydrogens is 428 g/mol. The quantitative estimate of drug-likeness (QED) is 0.583. The molecule has 1 fully saturated rings. The van der Waals surface area contributed by atoms with Gasteiger partial charge in [-0.2, -0.15) is 0 Å². The molecular formula is C24H27ClN4OS. The van der Waals surface area contributed by atoms with E-state index >= 15 is 0 Å². The van der Waals surface area contributed by atoms with Gasteiger partial charge in [-0.05, 0) is 62.8 Å². The average molecular weight is 455 g/mol. The highest BCUT2D eigenvalue weighted by Gasteiger charge is 2.25. The van der Waals surface area contributed by atoms with Crippen LogP contribution in [0.2, 0.25) is 4.47 Å². The Kier molecular flexibility index (Phi) is 6.21. The second-order valence-electron chi connectivity index (χ2n) is 8.72. The molecule has 31 heavy (non-hydrogen) atoms. The molecule has 2 aromatic heterocycles. The van der Waals surface area contributed by atoms with E-state index in [9.17, 15) is 4.79 Å². The maximum absolute atomic E-state index is 12.9. The Bertz CT molecular complexity index is 1070. The minimum Gasteiger partial charge on any atom is -0.349 e. The highest BCUT2D eigenvalue weighted by Crippen LogP contribution is 2.30. The fourth-order valence-corrected chi connectivity index (χ4v) is 6.19. The van der Waals surface area contributed by atoms with E-state index in [1.165, 1.54) is 29.8 Å². The molecule has 5 rings (SSSR count). The molecule has 3 aromatic rings. The zero-order chi connectivity index (χ0) is 21.2. The molecule has 0 atom stereocenters. The summed E-state index contributed by atoms with van der Waals surface area (Å²) in [6.45, 7) is 3.21. The Balaban J connectivity index is 1.10. The normalized spacial score (nSPS) is 21.7. The van der Waals surface area contributed by atoms with E-state index in [2.05, 4.69) is 20.2 Å². The summed E-state index contributed by atoms with van der Waals surface area (Å²) >= 11 is 7.70. The number of carbonyl (C=O) groups is 1. The van der Waals surface area contributed by atoms with E-state index in [0.717, 1.165) is 61.3 Å². The first kappa shape index (κ1) is 20.9. The van der Waals surface area contributed by atoms with E-state index in [0.29, 0.717) is 4.47 Å². The lowest BCUT2D eigenvalue weighted by atomic mass is 9.84. The van der Waals surface area contributed by atoms with Crippen molar-refractivity contribution in [2.75, 3.05) is 13.1 Å². The number of nitrogens with one attached hydrogen (secondary N) is 1. The van der Waals surface area contributed by atoms with Gasteiger partial charge in [0.2, 0.25) is 0 Å². The van der Waals surface area contributed by atoms with E-state index in [-0.39, 0.29) is 11.9 Å². The summed E-state index contributed by atoms with van der Waals surface area (Å²) in [4.78, 5) is 25.5. The molecule has 3 heterocycles. The van der Waals surface area contributed by atoms with Gasteiger partial charge in [-0.15, -0.1) is 11.3 Å². The largest absolute Gasteiger partial charge is 0.349 e. The molecule has 1 aromatic carbocycles. The van der Waals surface area contributed by atoms with Gasteiger partial charge in [0.05, 0.1) is 11.2 Å². The first-order valence-corrected chi connectivity index (χ1v) is 12.4. The van der Waals surface area contributed by atoms with Crippen molar-refractivity contribution in [2.24, 2.45) is 5.92 Å². The van der Waals surface area contributed by atoms with Gasteiger partial charge in [-0.1, -0.05) is 23.7 Å². The Morgan fingerprint density at radius 1 is 1.19 bits per heavy atom. The van der Waals surface area contributed by atoms with Gasteiger partial charge in [0, 0.05) is 47.6 Å². The van der Waals surface area contributed by atoms with Gasteiger partial charge in [0.15, 0.2) is 4.47 Å². The van der Waals surface area contributed by atoms with Crippen LogP contribution in [0.3, 0.4) is 0 Å². The molecule has 1 N–H and O–H groups in total. The number of hydrogen-bond donors (Lipinski definition) is 1. The topological polar surface area (TPSA) is 58.1 Å². The fourth-order valence-electron chi connectivity index (χ4n) is 4.93. The lowest BCUT2D eigenvalue weighted by Crippen LogP contribution is -2.38. The van der Waals surface area contributed by atoms with Crippen LogP contribution in [-0.4, -0.2) is 39.9 Å². The second kappa shape index (κ2) is 9.23. The highest BCUT2D eigenvalue weighted by atomic mass is 35.5. The number of thiazole rings is 1. The predicted molar refractivity (Wildman–Crippen MR) is 126 cm³/mol. The summed E-state index contributed by atoms with van der Waals surface area (Å²) in [5.74, 6) is 0.774. The van der Waals surface area contributed by atoms with Gasteiger partial charge in [-0.25, -0.2) is 4.98 Å². The van der Waals surface area contributed by atoms with Gasteiger partial charge < -0.3 is 5.32 Å². The molecule has 162 valence electrons. The summed E-state index contributed by atoms with van der Waals surface area (Å²) < 4.78 is 0.673. The summed E-state index contributed by atoms with van der Waals surface area (Å²) in [5, 5.41) is 4.19. The number of halogens is 1. The van der Waals surface area contributed by atoms with Gasteiger partial charge >= 0.3 is 0 Å². The average Bonchev–Trinajstić information content (AvgIpc) is 3.17. The number of rotatable bonds is 5. The Labute approximate surface area is 191 Å². The Morgan fingerprint density at radius 3 is 2.94 bits per heavy atom. The first-order valence-electron chi connectivity index (χ1n) is 11.2. The molecule has 1 aliphatic carbocycles. The van der Waals surface area contributed by atoms with Crippen molar-refractivity contribution >= 4 is 39.7 Å². The molecule has 0 bridgehead atoms. The summed E-state index contributed by atoms with van der Waals surface area (Å²) in [7, 11) is 0. The molecule has 5 nitrogen and oxygen atoms in total. The van der Waals surface area contributed by atoms with Crippen molar-refractivity contribution in [3.8, 4) is 0 Å². The van der Waals surface area contributed by atoms with E-state index in [1.54, 1.807) is 17.5 Å². The standard InChI is InChI=1S/C24H27ClN4OS/c25-24-28-21-11-14-29(15-22(21)31-24)13-10-16-6-8-17(9-7-16)27-23(30)19-3-1-5-20-18(19)4-2-12-26-20/h1-5,12,16-17H,6-11,13-15H2,(H,27,30)/t16-,17-. The maximum Gasteiger partial charge on any atom is 0.252 e. The van der Waals surface area contributed by atoms with Crippen LogP contribution >= 0.6 is 22.9 Å². The molecule has 0 spiro atoms. The van der Waals surface area contributed by atoms with Gasteiger partial charge in [0.1, 0.15) is 0 Å². The molecule has 0 unspecified atom stereocenters. The van der Waals surface area contributed by atoms with Gasteiger partial charge in [-0.3, -0.25) is 14.7 Å². The molecule has 1 saturated carbocycles. The lowest BCUT2D eigenvalue weighted by Gasteiger charge is -2.32. The maximum atomic E-state index is 12.9. The van der Waals surface area contributed by atoms with Crippen LogP contribution in [0.15, 0.2) is 36.5 Å². The lowest BCUT2D eigenvalue weighted by molar-refractivity contribution is 0.0921. The van der Waals surface area contributed by atoms with Crippen LogP contribution in [0.4, 0.5) is 0 Å². The number of nitrogens with zero attached hydrogens (tertiary/aromatic N) is 3. The first-order chi connectivity index (χ1) is 15.2. The Morgan fingerprint density at radius 2 is 2.06 bits per heavy atom. The second-order valence-corrected chi connectivity index (χ2v) is 10.4. The molecule has 0 saturated heterocycles. The smallest absolute Gasteiger partial charge is 0.252 e. The van der Waals surface area contributed by atoms with Crippen molar-refractivity contribution < 1.29 is 4.79 Å². The van der Waals surface area contributed by atoms with Crippen LogP contribution in [0.25, 0.3) is 10.9 Å². The third-order valence-electron chi connectivity index (χ3n) is 6.71. The Hall–Kier alpha value is -2.02. The van der Waals surface area contributed by atoms with Gasteiger partial charge in [0.25, 0.3) is 5.91 Å². The van der Waals surface area contributed by atoms with Crippen molar-refractivity contribution in [3.05, 3.63) is 57.1 Å².